The number of carbonyl (C=O) groups excluding carboxylic acids is 1. The zero-order valence-electron chi connectivity index (χ0n) is 10.5. The second-order valence-electron chi connectivity index (χ2n) is 4.45. The Morgan fingerprint density at radius 3 is 2.50 bits per heavy atom. The third-order valence-electron chi connectivity index (χ3n) is 2.97. The van der Waals surface area contributed by atoms with Gasteiger partial charge in [0.25, 0.3) is 0 Å². The fourth-order valence-corrected chi connectivity index (χ4v) is 1.39. The van der Waals surface area contributed by atoms with Crippen molar-refractivity contribution in [3.8, 4) is 0 Å². The first kappa shape index (κ1) is 15.4. The van der Waals surface area contributed by atoms with E-state index in [2.05, 4.69) is 6.92 Å². The van der Waals surface area contributed by atoms with Crippen molar-refractivity contribution in [3.63, 3.8) is 0 Å². The Morgan fingerprint density at radius 2 is 2.06 bits per heavy atom. The second kappa shape index (κ2) is 7.63. The lowest BCUT2D eigenvalue weighted by Gasteiger charge is -2.26. The van der Waals surface area contributed by atoms with Crippen molar-refractivity contribution in [2.24, 2.45) is 5.41 Å². The molecule has 2 atom stereocenters. The van der Waals surface area contributed by atoms with Crippen LogP contribution in [0.4, 0.5) is 0 Å². The van der Waals surface area contributed by atoms with Gasteiger partial charge in [-0.15, -0.1) is 0 Å². The number of rotatable bonds is 8. The standard InChI is InChI=1S/C12H24O4/c1-4-6-7-12(3,5-2)11(15)16-9-10(14)8-13/h10,13-14H,4-9H2,1-3H3. The van der Waals surface area contributed by atoms with Gasteiger partial charge in [0.2, 0.25) is 0 Å². The van der Waals surface area contributed by atoms with Crippen molar-refractivity contribution in [3.05, 3.63) is 0 Å². The molecule has 0 aliphatic carbocycles. The van der Waals surface area contributed by atoms with E-state index in [1.54, 1.807) is 0 Å². The van der Waals surface area contributed by atoms with Crippen LogP contribution in [0, 0.1) is 5.41 Å². The lowest BCUT2D eigenvalue weighted by molar-refractivity contribution is -0.159. The lowest BCUT2D eigenvalue weighted by atomic mass is 9.82. The van der Waals surface area contributed by atoms with E-state index in [1.807, 2.05) is 13.8 Å². The number of hydrogen-bond acceptors (Lipinski definition) is 4. The molecule has 2 N–H and O–H groups in total. The van der Waals surface area contributed by atoms with Crippen LogP contribution in [-0.4, -0.2) is 35.5 Å². The maximum absolute atomic E-state index is 11.8. The van der Waals surface area contributed by atoms with E-state index in [0.717, 1.165) is 25.7 Å². The maximum Gasteiger partial charge on any atom is 0.311 e. The fraction of sp³-hybridized carbons (Fsp3) is 0.917. The Morgan fingerprint density at radius 1 is 1.44 bits per heavy atom. The normalized spacial score (nSPS) is 16.6. The minimum Gasteiger partial charge on any atom is -0.462 e. The number of aliphatic hydroxyl groups excluding tert-OH is 2. The van der Waals surface area contributed by atoms with Crippen molar-refractivity contribution >= 4 is 5.97 Å². The Hall–Kier alpha value is -0.610. The van der Waals surface area contributed by atoms with Gasteiger partial charge < -0.3 is 14.9 Å². The number of esters is 1. The van der Waals surface area contributed by atoms with Crippen molar-refractivity contribution < 1.29 is 19.7 Å². The first-order valence-electron chi connectivity index (χ1n) is 5.96. The highest BCUT2D eigenvalue weighted by atomic mass is 16.5. The Kier molecular flexibility index (Phi) is 7.34. The summed E-state index contributed by atoms with van der Waals surface area (Å²) < 4.78 is 5.00. The van der Waals surface area contributed by atoms with Crippen molar-refractivity contribution in [1.29, 1.82) is 0 Å². The van der Waals surface area contributed by atoms with Crippen LogP contribution in [0.2, 0.25) is 0 Å². The lowest BCUT2D eigenvalue weighted by Crippen LogP contribution is -2.32. The second-order valence-corrected chi connectivity index (χ2v) is 4.45. The summed E-state index contributed by atoms with van der Waals surface area (Å²) >= 11 is 0. The third-order valence-corrected chi connectivity index (χ3v) is 2.97. The summed E-state index contributed by atoms with van der Waals surface area (Å²) in [7, 11) is 0. The number of hydrogen-bond donors (Lipinski definition) is 2. The number of unbranched alkanes of at least 4 members (excludes halogenated alkanes) is 1. The van der Waals surface area contributed by atoms with Crippen LogP contribution in [0.3, 0.4) is 0 Å². The van der Waals surface area contributed by atoms with Gasteiger partial charge in [0.15, 0.2) is 0 Å². The van der Waals surface area contributed by atoms with Gasteiger partial charge in [0.05, 0.1) is 12.0 Å². The topological polar surface area (TPSA) is 66.8 Å². The molecule has 96 valence electrons. The van der Waals surface area contributed by atoms with Gasteiger partial charge in [-0.1, -0.05) is 26.7 Å². The summed E-state index contributed by atoms with van der Waals surface area (Å²) in [5.74, 6) is -0.282. The number of carbonyl (C=O) groups is 1. The van der Waals surface area contributed by atoms with E-state index < -0.39 is 11.5 Å². The molecular weight excluding hydrogens is 208 g/mol. The minimum atomic E-state index is -0.976. The highest BCUT2D eigenvalue weighted by Gasteiger charge is 2.32. The van der Waals surface area contributed by atoms with E-state index >= 15 is 0 Å². The Labute approximate surface area is 97.6 Å². The number of ether oxygens (including phenoxy) is 1. The van der Waals surface area contributed by atoms with Crippen LogP contribution in [0.15, 0.2) is 0 Å². The summed E-state index contributed by atoms with van der Waals surface area (Å²) in [6, 6.07) is 0. The van der Waals surface area contributed by atoms with E-state index in [-0.39, 0.29) is 19.2 Å². The van der Waals surface area contributed by atoms with Gasteiger partial charge in [-0.25, -0.2) is 0 Å². The van der Waals surface area contributed by atoms with E-state index in [0.29, 0.717) is 0 Å². The summed E-state index contributed by atoms with van der Waals surface area (Å²) in [6.07, 6.45) is 2.58. The average Bonchev–Trinajstić information content (AvgIpc) is 2.32. The first-order valence-corrected chi connectivity index (χ1v) is 5.96. The highest BCUT2D eigenvalue weighted by molar-refractivity contribution is 5.76. The van der Waals surface area contributed by atoms with Crippen molar-refractivity contribution in [2.45, 2.75) is 52.6 Å². The predicted molar refractivity (Wildman–Crippen MR) is 62.0 cm³/mol. The van der Waals surface area contributed by atoms with E-state index in [4.69, 9.17) is 14.9 Å². The molecule has 0 rings (SSSR count). The molecule has 0 aromatic carbocycles. The molecule has 0 spiro atoms. The molecule has 0 bridgehead atoms. The molecule has 0 heterocycles. The minimum absolute atomic E-state index is 0.128. The molecule has 0 radical (unpaired) electrons. The van der Waals surface area contributed by atoms with Crippen LogP contribution >= 0.6 is 0 Å². The molecule has 0 amide bonds. The Balaban J connectivity index is 4.18. The van der Waals surface area contributed by atoms with Crippen molar-refractivity contribution in [2.75, 3.05) is 13.2 Å². The molecule has 0 aliphatic rings. The quantitative estimate of drug-likeness (QED) is 0.622. The molecule has 0 aromatic heterocycles. The SMILES string of the molecule is CCCCC(C)(CC)C(=O)OCC(O)CO. The van der Waals surface area contributed by atoms with Gasteiger partial charge >= 0.3 is 5.97 Å². The van der Waals surface area contributed by atoms with Crippen LogP contribution in [-0.2, 0) is 9.53 Å². The summed E-state index contributed by atoms with van der Waals surface area (Å²) in [5, 5.41) is 17.7. The largest absolute Gasteiger partial charge is 0.462 e. The Bertz CT molecular complexity index is 205. The summed E-state index contributed by atoms with van der Waals surface area (Å²) in [5.41, 5.74) is -0.467. The van der Waals surface area contributed by atoms with Gasteiger partial charge in [0.1, 0.15) is 12.7 Å². The first-order chi connectivity index (χ1) is 7.50. The molecule has 4 heteroatoms. The van der Waals surface area contributed by atoms with Gasteiger partial charge in [-0.2, -0.15) is 0 Å². The molecule has 2 unspecified atom stereocenters. The molecule has 0 aromatic rings. The van der Waals surface area contributed by atoms with E-state index in [9.17, 15) is 4.79 Å². The molecule has 16 heavy (non-hydrogen) atoms. The van der Waals surface area contributed by atoms with E-state index in [1.165, 1.54) is 0 Å². The average molecular weight is 232 g/mol. The molecule has 4 nitrogen and oxygen atoms in total. The fourth-order valence-electron chi connectivity index (χ4n) is 1.39. The van der Waals surface area contributed by atoms with Crippen LogP contribution in [0.5, 0.6) is 0 Å². The molecule has 0 saturated heterocycles. The molecule has 0 saturated carbocycles. The molecular formula is C12H24O4. The zero-order chi connectivity index (χ0) is 12.6. The summed E-state index contributed by atoms with van der Waals surface area (Å²) in [6.45, 7) is 5.41. The molecule has 0 fully saturated rings. The van der Waals surface area contributed by atoms with Crippen LogP contribution < -0.4 is 0 Å². The highest BCUT2D eigenvalue weighted by Crippen LogP contribution is 2.29. The van der Waals surface area contributed by atoms with Crippen molar-refractivity contribution in [1.82, 2.24) is 0 Å². The van der Waals surface area contributed by atoms with Gasteiger partial charge in [-0.05, 0) is 19.8 Å². The zero-order valence-corrected chi connectivity index (χ0v) is 10.5. The van der Waals surface area contributed by atoms with Crippen LogP contribution in [0.1, 0.15) is 46.5 Å². The van der Waals surface area contributed by atoms with Crippen LogP contribution in [0.25, 0.3) is 0 Å². The van der Waals surface area contributed by atoms with Gasteiger partial charge in [-0.3, -0.25) is 4.79 Å². The third kappa shape index (κ3) is 4.94. The maximum atomic E-state index is 11.8. The monoisotopic (exact) mass is 232 g/mol. The summed E-state index contributed by atoms with van der Waals surface area (Å²) in [4.78, 5) is 11.8. The number of aliphatic hydroxyl groups is 2. The molecule has 0 aliphatic heterocycles. The predicted octanol–water partition coefficient (Wildman–Crippen LogP) is 1.49. The van der Waals surface area contributed by atoms with Gasteiger partial charge in [0, 0.05) is 0 Å². The smallest absolute Gasteiger partial charge is 0.311 e.